The van der Waals surface area contributed by atoms with E-state index in [2.05, 4.69) is 14.9 Å². The van der Waals surface area contributed by atoms with Crippen LogP contribution in [0, 0.1) is 0 Å². The van der Waals surface area contributed by atoms with Crippen molar-refractivity contribution in [1.82, 2.24) is 9.82 Å². The van der Waals surface area contributed by atoms with Crippen LogP contribution in [-0.4, -0.2) is 19.6 Å². The van der Waals surface area contributed by atoms with Gasteiger partial charge in [0.15, 0.2) is 0 Å². The summed E-state index contributed by atoms with van der Waals surface area (Å²) in [4.78, 5) is 8.10. The summed E-state index contributed by atoms with van der Waals surface area (Å²) in [6.07, 6.45) is 3.16. The van der Waals surface area contributed by atoms with Crippen LogP contribution in [0.3, 0.4) is 0 Å². The summed E-state index contributed by atoms with van der Waals surface area (Å²) >= 11 is 2.64. The SMILES string of the molecule is O=S(=O)(N/N=C/c1cccs1)c1ccc(-c2ccccn2)s1. The van der Waals surface area contributed by atoms with E-state index in [9.17, 15) is 8.42 Å². The third-order valence-corrected chi connectivity index (χ3v) is 6.30. The molecule has 3 aromatic rings. The Morgan fingerprint density at radius 3 is 2.77 bits per heavy atom. The van der Waals surface area contributed by atoms with Gasteiger partial charge in [0.25, 0.3) is 10.0 Å². The number of nitrogens with zero attached hydrogens (tertiary/aromatic N) is 2. The van der Waals surface area contributed by atoms with Crippen molar-refractivity contribution >= 4 is 38.9 Å². The number of hydrazone groups is 1. The molecule has 3 heterocycles. The molecule has 0 unspecified atom stereocenters. The summed E-state index contributed by atoms with van der Waals surface area (Å²) in [6.45, 7) is 0. The second-order valence-corrected chi connectivity index (χ2v) is 8.15. The number of hydrogen-bond acceptors (Lipinski definition) is 6. The molecule has 22 heavy (non-hydrogen) atoms. The van der Waals surface area contributed by atoms with Crippen molar-refractivity contribution < 1.29 is 8.42 Å². The number of aromatic nitrogens is 1. The molecule has 3 rings (SSSR count). The normalized spacial score (nSPS) is 11.8. The molecule has 0 spiro atoms. The van der Waals surface area contributed by atoms with Gasteiger partial charge in [0.1, 0.15) is 4.21 Å². The van der Waals surface area contributed by atoms with Crippen LogP contribution < -0.4 is 4.83 Å². The van der Waals surface area contributed by atoms with Crippen LogP contribution >= 0.6 is 22.7 Å². The summed E-state index contributed by atoms with van der Waals surface area (Å²) in [6, 6.07) is 12.5. The van der Waals surface area contributed by atoms with Gasteiger partial charge in [0.05, 0.1) is 16.8 Å². The summed E-state index contributed by atoms with van der Waals surface area (Å²) in [5, 5.41) is 5.68. The number of rotatable bonds is 5. The monoisotopic (exact) mass is 349 g/mol. The van der Waals surface area contributed by atoms with Gasteiger partial charge < -0.3 is 0 Å². The van der Waals surface area contributed by atoms with Crippen molar-refractivity contribution in [1.29, 1.82) is 0 Å². The molecule has 0 atom stereocenters. The fourth-order valence-electron chi connectivity index (χ4n) is 1.68. The molecule has 112 valence electrons. The third kappa shape index (κ3) is 3.41. The Morgan fingerprint density at radius 1 is 1.14 bits per heavy atom. The molecule has 0 fully saturated rings. The summed E-state index contributed by atoms with van der Waals surface area (Å²) in [7, 11) is -3.65. The van der Waals surface area contributed by atoms with E-state index in [1.54, 1.807) is 18.3 Å². The Bertz CT molecular complexity index is 869. The highest BCUT2D eigenvalue weighted by atomic mass is 32.2. The van der Waals surface area contributed by atoms with Crippen LogP contribution in [-0.2, 0) is 10.0 Å². The zero-order valence-electron chi connectivity index (χ0n) is 11.2. The van der Waals surface area contributed by atoms with E-state index in [-0.39, 0.29) is 4.21 Å². The first-order valence-electron chi connectivity index (χ1n) is 6.25. The molecular formula is C14H11N3O2S3. The number of sulfonamides is 1. The van der Waals surface area contributed by atoms with Crippen LogP contribution in [0.15, 0.2) is 63.4 Å². The number of pyridine rings is 1. The lowest BCUT2D eigenvalue weighted by atomic mass is 10.3. The van der Waals surface area contributed by atoms with Gasteiger partial charge in [-0.2, -0.15) is 18.4 Å². The smallest absolute Gasteiger partial charge is 0.255 e. The summed E-state index contributed by atoms with van der Waals surface area (Å²) < 4.78 is 24.6. The van der Waals surface area contributed by atoms with E-state index >= 15 is 0 Å². The lowest BCUT2D eigenvalue weighted by molar-refractivity contribution is 0.587. The van der Waals surface area contributed by atoms with Crippen LogP contribution in [0.5, 0.6) is 0 Å². The molecule has 0 bridgehead atoms. The molecule has 0 radical (unpaired) electrons. The molecule has 5 nitrogen and oxygen atoms in total. The van der Waals surface area contributed by atoms with Gasteiger partial charge in [0.2, 0.25) is 0 Å². The molecule has 0 aromatic carbocycles. The minimum Gasteiger partial charge on any atom is -0.255 e. The van der Waals surface area contributed by atoms with Crippen molar-refractivity contribution in [3.05, 3.63) is 58.9 Å². The molecule has 8 heteroatoms. The quantitative estimate of drug-likeness (QED) is 0.568. The van der Waals surface area contributed by atoms with Crippen molar-refractivity contribution in [3.8, 4) is 10.6 Å². The Hall–Kier alpha value is -2.03. The van der Waals surface area contributed by atoms with E-state index in [0.29, 0.717) is 0 Å². The first-order chi connectivity index (χ1) is 10.6. The van der Waals surface area contributed by atoms with Gasteiger partial charge in [-0.05, 0) is 35.7 Å². The molecule has 1 N–H and O–H groups in total. The average molecular weight is 349 g/mol. The standard InChI is InChI=1S/C14H11N3O2S3/c18-22(19,17-16-10-11-4-3-9-20-11)14-7-6-13(21-14)12-5-1-2-8-15-12/h1-10,17H/b16-10+. The highest BCUT2D eigenvalue weighted by Crippen LogP contribution is 2.29. The first-order valence-corrected chi connectivity index (χ1v) is 9.43. The van der Waals surface area contributed by atoms with Gasteiger partial charge in [-0.1, -0.05) is 12.1 Å². The van der Waals surface area contributed by atoms with E-state index in [1.165, 1.54) is 17.6 Å². The van der Waals surface area contributed by atoms with E-state index in [0.717, 1.165) is 26.8 Å². The third-order valence-electron chi connectivity index (χ3n) is 2.67. The van der Waals surface area contributed by atoms with Gasteiger partial charge in [-0.25, -0.2) is 0 Å². The van der Waals surface area contributed by atoms with Crippen LogP contribution in [0.4, 0.5) is 0 Å². The summed E-state index contributed by atoms with van der Waals surface area (Å²) in [5.41, 5.74) is 0.746. The van der Waals surface area contributed by atoms with Crippen molar-refractivity contribution in [2.45, 2.75) is 4.21 Å². The fraction of sp³-hybridized carbons (Fsp3) is 0. The minimum atomic E-state index is -3.65. The highest BCUT2D eigenvalue weighted by molar-refractivity contribution is 7.91. The molecule has 0 saturated carbocycles. The van der Waals surface area contributed by atoms with Crippen molar-refractivity contribution in [2.24, 2.45) is 5.10 Å². The lowest BCUT2D eigenvalue weighted by Crippen LogP contribution is -2.16. The highest BCUT2D eigenvalue weighted by Gasteiger charge is 2.16. The maximum atomic E-state index is 12.2. The average Bonchev–Trinajstić information content (AvgIpc) is 3.20. The van der Waals surface area contributed by atoms with Crippen LogP contribution in [0.25, 0.3) is 10.6 Å². The molecule has 3 aromatic heterocycles. The zero-order chi connectivity index (χ0) is 15.4. The van der Waals surface area contributed by atoms with Crippen LogP contribution in [0.2, 0.25) is 0 Å². The van der Waals surface area contributed by atoms with Gasteiger partial charge >= 0.3 is 0 Å². The van der Waals surface area contributed by atoms with E-state index in [4.69, 9.17) is 0 Å². The first kappa shape index (κ1) is 14.9. The lowest BCUT2D eigenvalue weighted by Gasteiger charge is -1.99. The maximum absolute atomic E-state index is 12.2. The maximum Gasteiger partial charge on any atom is 0.286 e. The molecule has 0 aliphatic rings. The largest absolute Gasteiger partial charge is 0.286 e. The molecule has 0 saturated heterocycles. The number of nitrogens with one attached hydrogen (secondary N) is 1. The van der Waals surface area contributed by atoms with Crippen molar-refractivity contribution in [3.63, 3.8) is 0 Å². The minimum absolute atomic E-state index is 0.205. The van der Waals surface area contributed by atoms with E-state index < -0.39 is 10.0 Å². The fourth-order valence-corrected chi connectivity index (χ4v) is 4.33. The Balaban J connectivity index is 1.77. The Labute approximate surface area is 136 Å². The van der Waals surface area contributed by atoms with Crippen molar-refractivity contribution in [2.75, 3.05) is 0 Å². The molecule has 0 aliphatic carbocycles. The van der Waals surface area contributed by atoms with Gasteiger partial charge in [0, 0.05) is 11.1 Å². The second kappa shape index (κ2) is 6.39. The summed E-state index contributed by atoms with van der Waals surface area (Å²) in [5.74, 6) is 0. The number of hydrogen-bond donors (Lipinski definition) is 1. The topological polar surface area (TPSA) is 71.4 Å². The Morgan fingerprint density at radius 2 is 2.05 bits per heavy atom. The van der Waals surface area contributed by atoms with E-state index in [1.807, 2.05) is 35.7 Å². The predicted octanol–water partition coefficient (Wildman–Crippen LogP) is 3.18. The molecular weight excluding hydrogens is 338 g/mol. The molecule has 0 aliphatic heterocycles. The van der Waals surface area contributed by atoms with Gasteiger partial charge in [-0.15, -0.1) is 22.7 Å². The zero-order valence-corrected chi connectivity index (χ0v) is 13.7. The van der Waals surface area contributed by atoms with Gasteiger partial charge in [-0.3, -0.25) is 4.98 Å². The Kier molecular flexibility index (Phi) is 4.32. The number of thiophene rings is 2. The second-order valence-electron chi connectivity index (χ2n) is 4.20. The van der Waals surface area contributed by atoms with Crippen LogP contribution in [0.1, 0.15) is 4.88 Å². The predicted molar refractivity (Wildman–Crippen MR) is 89.8 cm³/mol. The molecule has 0 amide bonds.